The molecule has 2 nitrogen and oxygen atoms in total. The first kappa shape index (κ1) is 15.4. The highest BCUT2D eigenvalue weighted by Gasteiger charge is 2.29. The lowest BCUT2D eigenvalue weighted by molar-refractivity contribution is 0.105. The quantitative estimate of drug-likeness (QED) is 0.395. The van der Waals surface area contributed by atoms with E-state index in [9.17, 15) is 9.59 Å². The number of hydrogen-bond acceptors (Lipinski definition) is 3. The second kappa shape index (κ2) is 5.31. The third-order valence-corrected chi connectivity index (χ3v) is 6.64. The van der Waals surface area contributed by atoms with Crippen LogP contribution in [-0.4, -0.2) is 5.78 Å². The Kier molecular flexibility index (Phi) is 3.26. The number of carbonyl (C=O) groups is 1. The first-order valence-corrected chi connectivity index (χ1v) is 9.57. The molecular weight excluding hydrogens is 420 g/mol. The van der Waals surface area contributed by atoms with Crippen molar-refractivity contribution in [3.05, 3.63) is 79.0 Å². The van der Waals surface area contributed by atoms with E-state index in [0.29, 0.717) is 26.1 Å². The van der Waals surface area contributed by atoms with Gasteiger partial charge < -0.3 is 0 Å². The summed E-state index contributed by atoms with van der Waals surface area (Å²) in [6.07, 6.45) is 0. The van der Waals surface area contributed by atoms with Crippen LogP contribution in [0.1, 0.15) is 10.4 Å². The Morgan fingerprint density at radius 1 is 0.920 bits per heavy atom. The van der Waals surface area contributed by atoms with E-state index in [1.807, 2.05) is 30.3 Å². The minimum atomic E-state index is -0.108. The molecule has 1 aliphatic rings. The molecule has 4 aromatic carbocycles. The number of thioether (sulfide) groups is 1. The molecule has 0 amide bonds. The lowest BCUT2D eigenvalue weighted by atomic mass is 10.1. The zero-order chi connectivity index (χ0) is 17.3. The average molecular weight is 428 g/mol. The van der Waals surface area contributed by atoms with Gasteiger partial charge in [0.2, 0.25) is 5.78 Å². The lowest BCUT2D eigenvalue weighted by Gasteiger charge is -2.00. The predicted molar refractivity (Wildman–Crippen MR) is 107 cm³/mol. The standard InChI is InChI=1S/C20H8BrClO2S/c21-14-7-6-13-16-10(14)2-1-3-12(16)17(18(13)23)20-19(24)11-5-4-9(22)8-15(11)25-20/h1-8H/b20-17+. The monoisotopic (exact) mass is 426 g/mol. The number of fused-ring (bicyclic) bond motifs is 1. The van der Waals surface area contributed by atoms with E-state index < -0.39 is 0 Å². The summed E-state index contributed by atoms with van der Waals surface area (Å²) in [5.41, 5.74) is 0.516. The van der Waals surface area contributed by atoms with Gasteiger partial charge in [-0.25, -0.2) is 0 Å². The number of ketones is 1. The van der Waals surface area contributed by atoms with Crippen LogP contribution in [0.15, 0.2) is 62.7 Å². The SMILES string of the molecule is O=C1/C(=c2\c(=O)c3ccc(Br)c4cccc2c43)Sc2cc(Cl)ccc21. The summed E-state index contributed by atoms with van der Waals surface area (Å²) >= 11 is 10.9. The summed E-state index contributed by atoms with van der Waals surface area (Å²) in [5, 5.41) is 4.45. The topological polar surface area (TPSA) is 34.1 Å². The first-order valence-electron chi connectivity index (χ1n) is 7.59. The summed E-state index contributed by atoms with van der Waals surface area (Å²) in [6, 6.07) is 14.7. The van der Waals surface area contributed by atoms with Crippen LogP contribution in [0.4, 0.5) is 0 Å². The fourth-order valence-corrected chi connectivity index (χ4v) is 5.35. The second-order valence-electron chi connectivity index (χ2n) is 5.93. The second-order valence-corrected chi connectivity index (χ2v) is 8.27. The normalized spacial score (nSPS) is 16.2. The van der Waals surface area contributed by atoms with Gasteiger partial charge in [-0.15, -0.1) is 0 Å². The van der Waals surface area contributed by atoms with Crippen molar-refractivity contribution in [2.24, 2.45) is 0 Å². The van der Waals surface area contributed by atoms with Gasteiger partial charge in [-0.05, 0) is 41.1 Å². The third kappa shape index (κ3) is 2.05. The Balaban J connectivity index is 1.97. The number of hydrogen-bond donors (Lipinski definition) is 0. The number of benzene rings is 3. The van der Waals surface area contributed by atoms with Crippen LogP contribution in [-0.2, 0) is 0 Å². The molecule has 0 saturated carbocycles. The van der Waals surface area contributed by atoms with Gasteiger partial charge >= 0.3 is 0 Å². The van der Waals surface area contributed by atoms with Gasteiger partial charge in [0.05, 0.1) is 4.91 Å². The fourth-order valence-electron chi connectivity index (χ4n) is 3.46. The van der Waals surface area contributed by atoms with Gasteiger partial charge in [-0.1, -0.05) is 57.5 Å². The third-order valence-electron chi connectivity index (χ3n) is 4.56. The van der Waals surface area contributed by atoms with E-state index in [4.69, 9.17) is 11.6 Å². The Labute approximate surface area is 159 Å². The van der Waals surface area contributed by atoms with E-state index in [-0.39, 0.29) is 11.2 Å². The van der Waals surface area contributed by atoms with E-state index in [0.717, 1.165) is 25.5 Å². The summed E-state index contributed by atoms with van der Waals surface area (Å²) in [6.45, 7) is 0. The van der Waals surface area contributed by atoms with Crippen molar-refractivity contribution in [3.8, 4) is 0 Å². The first-order chi connectivity index (χ1) is 12.1. The molecule has 0 bridgehead atoms. The highest BCUT2D eigenvalue weighted by Crippen LogP contribution is 2.42. The van der Waals surface area contributed by atoms with Crippen molar-refractivity contribution < 1.29 is 4.79 Å². The predicted octanol–water partition coefficient (Wildman–Crippen LogP) is 5.02. The molecule has 0 unspecified atom stereocenters. The molecule has 0 saturated heterocycles. The summed E-state index contributed by atoms with van der Waals surface area (Å²) in [4.78, 5) is 27.3. The number of halogens is 2. The molecule has 0 atom stereocenters. The number of Topliss-reactive ketones (excluding diaryl/α,β-unsaturated/α-hetero) is 1. The van der Waals surface area contributed by atoms with E-state index in [1.54, 1.807) is 18.2 Å². The smallest absolute Gasteiger partial charge is 0.201 e. The minimum absolute atomic E-state index is 0.0894. The molecule has 0 radical (unpaired) electrons. The highest BCUT2D eigenvalue weighted by atomic mass is 79.9. The lowest BCUT2D eigenvalue weighted by Crippen LogP contribution is -2.23. The molecule has 0 N–H and O–H groups in total. The Morgan fingerprint density at radius 2 is 1.72 bits per heavy atom. The van der Waals surface area contributed by atoms with Crippen LogP contribution in [0, 0.1) is 0 Å². The molecule has 5 heteroatoms. The van der Waals surface area contributed by atoms with E-state index >= 15 is 0 Å². The van der Waals surface area contributed by atoms with Crippen molar-refractivity contribution in [1.82, 2.24) is 0 Å². The van der Waals surface area contributed by atoms with Crippen LogP contribution in [0.25, 0.3) is 26.5 Å². The Bertz CT molecular complexity index is 1330. The Morgan fingerprint density at radius 3 is 2.56 bits per heavy atom. The van der Waals surface area contributed by atoms with Gasteiger partial charge in [-0.2, -0.15) is 0 Å². The molecule has 5 rings (SSSR count). The largest absolute Gasteiger partial charge is 0.289 e. The molecule has 120 valence electrons. The molecule has 1 aliphatic heterocycles. The molecule has 0 aromatic heterocycles. The van der Waals surface area contributed by atoms with Crippen LogP contribution in [0.5, 0.6) is 0 Å². The van der Waals surface area contributed by atoms with Gasteiger partial charge in [-0.3, -0.25) is 9.59 Å². The van der Waals surface area contributed by atoms with Gasteiger partial charge in [0.25, 0.3) is 0 Å². The number of carbonyl (C=O) groups excluding carboxylic acids is 1. The zero-order valence-corrected chi connectivity index (χ0v) is 15.8. The zero-order valence-electron chi connectivity index (χ0n) is 12.6. The fraction of sp³-hybridized carbons (Fsp3) is 0. The van der Waals surface area contributed by atoms with Gasteiger partial charge in [0, 0.05) is 35.9 Å². The van der Waals surface area contributed by atoms with Crippen LogP contribution < -0.4 is 10.6 Å². The van der Waals surface area contributed by atoms with Crippen molar-refractivity contribution in [2.75, 3.05) is 0 Å². The summed E-state index contributed by atoms with van der Waals surface area (Å²) < 4.78 is 0.938. The molecule has 0 fully saturated rings. The molecule has 1 heterocycles. The molecule has 0 aliphatic carbocycles. The van der Waals surface area contributed by atoms with E-state index in [1.165, 1.54) is 11.8 Å². The summed E-state index contributed by atoms with van der Waals surface area (Å²) in [7, 11) is 0. The molecule has 0 spiro atoms. The van der Waals surface area contributed by atoms with E-state index in [2.05, 4.69) is 15.9 Å². The van der Waals surface area contributed by atoms with Crippen LogP contribution in [0.2, 0.25) is 5.02 Å². The molecule has 25 heavy (non-hydrogen) atoms. The maximum Gasteiger partial charge on any atom is 0.201 e. The molecule has 4 aromatic rings. The van der Waals surface area contributed by atoms with Gasteiger partial charge in [0.15, 0.2) is 5.43 Å². The van der Waals surface area contributed by atoms with Crippen molar-refractivity contribution in [3.63, 3.8) is 0 Å². The summed E-state index contributed by atoms with van der Waals surface area (Å²) in [5.74, 6) is -0.108. The number of rotatable bonds is 0. The van der Waals surface area contributed by atoms with Crippen molar-refractivity contribution >= 4 is 71.5 Å². The van der Waals surface area contributed by atoms with Crippen molar-refractivity contribution in [2.45, 2.75) is 4.90 Å². The molecular formula is C20H8BrClO2S. The Hall–Kier alpha value is -1.88. The van der Waals surface area contributed by atoms with Crippen LogP contribution in [0.3, 0.4) is 0 Å². The minimum Gasteiger partial charge on any atom is -0.289 e. The maximum absolute atomic E-state index is 13.1. The highest BCUT2D eigenvalue weighted by molar-refractivity contribution is 9.10. The maximum atomic E-state index is 13.1. The average Bonchev–Trinajstić information content (AvgIpc) is 3.06. The van der Waals surface area contributed by atoms with Crippen molar-refractivity contribution in [1.29, 1.82) is 0 Å². The van der Waals surface area contributed by atoms with Crippen LogP contribution >= 0.6 is 39.3 Å². The van der Waals surface area contributed by atoms with Gasteiger partial charge in [0.1, 0.15) is 0 Å².